The van der Waals surface area contributed by atoms with E-state index in [0.717, 1.165) is 25.7 Å². The minimum atomic E-state index is -2.24. The van der Waals surface area contributed by atoms with Crippen molar-refractivity contribution in [2.45, 2.75) is 88.9 Å². The molecule has 0 amide bonds. The van der Waals surface area contributed by atoms with Crippen molar-refractivity contribution in [1.82, 2.24) is 19.5 Å². The molecule has 0 radical (unpaired) electrons. The van der Waals surface area contributed by atoms with Gasteiger partial charge in [-0.15, -0.1) is 0 Å². The van der Waals surface area contributed by atoms with E-state index >= 15 is 4.39 Å². The first kappa shape index (κ1) is 27.0. The molecule has 39 heavy (non-hydrogen) atoms. The number of aromatic nitrogens is 4. The van der Waals surface area contributed by atoms with Crippen molar-refractivity contribution in [2.24, 2.45) is 0 Å². The highest BCUT2D eigenvalue weighted by atomic mass is 19.1. The van der Waals surface area contributed by atoms with Gasteiger partial charge in [-0.3, -0.25) is 9.36 Å². The second-order valence-corrected chi connectivity index (χ2v) is 10.6. The molecule has 10 nitrogen and oxygen atoms in total. The molecule has 1 aliphatic carbocycles. The van der Waals surface area contributed by atoms with Crippen LogP contribution in [0.2, 0.25) is 0 Å². The third-order valence-electron chi connectivity index (χ3n) is 7.88. The van der Waals surface area contributed by atoms with Gasteiger partial charge >= 0.3 is 11.9 Å². The molecule has 1 aliphatic heterocycles. The van der Waals surface area contributed by atoms with E-state index in [4.69, 9.17) is 14.2 Å². The number of benzene rings is 1. The molecule has 5 rings (SSSR count). The minimum Gasteiger partial charge on any atom is -0.459 e. The number of esters is 2. The van der Waals surface area contributed by atoms with Crippen molar-refractivity contribution in [3.8, 4) is 0 Å². The number of nitrogens with zero attached hydrogens (tertiary/aromatic N) is 4. The number of fused-ring (bicyclic) bond motifs is 1. The van der Waals surface area contributed by atoms with Crippen LogP contribution in [0.3, 0.4) is 0 Å². The van der Waals surface area contributed by atoms with Gasteiger partial charge < -0.3 is 19.5 Å². The first-order valence-electron chi connectivity index (χ1n) is 13.4. The van der Waals surface area contributed by atoms with E-state index in [1.54, 1.807) is 30.3 Å². The largest absolute Gasteiger partial charge is 0.459 e. The fourth-order valence-corrected chi connectivity index (χ4v) is 5.52. The van der Waals surface area contributed by atoms with Gasteiger partial charge in [0.05, 0.1) is 11.9 Å². The van der Waals surface area contributed by atoms with E-state index < -0.39 is 35.5 Å². The zero-order valence-electron chi connectivity index (χ0n) is 22.4. The molecule has 1 N–H and O–H groups in total. The van der Waals surface area contributed by atoms with Crippen LogP contribution in [0.5, 0.6) is 0 Å². The predicted molar refractivity (Wildman–Crippen MR) is 141 cm³/mol. The minimum absolute atomic E-state index is 0.279. The van der Waals surface area contributed by atoms with Gasteiger partial charge in [-0.05, 0) is 38.8 Å². The number of carbonyl (C=O) groups excluding carboxylic acids is 2. The Kier molecular flexibility index (Phi) is 7.53. The standard InChI is InChI=1S/C28H34FN5O5/c1-18(35)39-28(3)21(15-37-25(36)19-11-7-6-8-12-19)38-26(27(28,2)29)34-17-32-22-23(30-16-31-24(22)34)33-20-13-9-4-5-10-14-20/h6-8,11-12,16-17,20-21,26H,4-5,9-10,13-15H2,1-3H3,(H,30,31,33)/t21-,26-,27+,28+/m1/s1. The molecule has 11 heteroatoms. The lowest BCUT2D eigenvalue weighted by Crippen LogP contribution is -2.55. The lowest BCUT2D eigenvalue weighted by molar-refractivity contribution is -0.175. The lowest BCUT2D eigenvalue weighted by atomic mass is 9.84. The number of hydrogen-bond acceptors (Lipinski definition) is 9. The average Bonchev–Trinajstić information content (AvgIpc) is 3.27. The van der Waals surface area contributed by atoms with Gasteiger partial charge in [0.1, 0.15) is 19.0 Å². The second-order valence-electron chi connectivity index (χ2n) is 10.6. The molecule has 2 aliphatic rings. The van der Waals surface area contributed by atoms with Crippen molar-refractivity contribution in [1.29, 1.82) is 0 Å². The molecule has 2 aromatic heterocycles. The van der Waals surface area contributed by atoms with Crippen LogP contribution in [-0.4, -0.2) is 61.5 Å². The maximum Gasteiger partial charge on any atom is 0.338 e. The van der Waals surface area contributed by atoms with Gasteiger partial charge in [-0.2, -0.15) is 0 Å². The maximum absolute atomic E-state index is 16.7. The van der Waals surface area contributed by atoms with E-state index in [0.29, 0.717) is 22.5 Å². The number of anilines is 1. The second kappa shape index (κ2) is 10.9. The van der Waals surface area contributed by atoms with Crippen LogP contribution < -0.4 is 5.32 Å². The van der Waals surface area contributed by atoms with Gasteiger partial charge in [0.2, 0.25) is 0 Å². The quantitative estimate of drug-likeness (QED) is 0.335. The molecule has 3 heterocycles. The molecule has 1 saturated heterocycles. The Balaban J connectivity index is 1.43. The van der Waals surface area contributed by atoms with Gasteiger partial charge in [0, 0.05) is 13.0 Å². The molecule has 208 valence electrons. The number of nitrogens with one attached hydrogen (secondary N) is 1. The van der Waals surface area contributed by atoms with Crippen molar-refractivity contribution in [3.05, 3.63) is 48.5 Å². The SMILES string of the molecule is CC(=O)O[C@@]1(C)[C@@H](COC(=O)c2ccccc2)O[C@@H](n2cnc3c(NC4CCCCCC4)ncnc32)[C@]1(C)F. The number of alkyl halides is 1. The van der Waals surface area contributed by atoms with Gasteiger partial charge in [0.25, 0.3) is 0 Å². The third-order valence-corrected chi connectivity index (χ3v) is 7.88. The van der Waals surface area contributed by atoms with Crippen LogP contribution in [0.1, 0.15) is 75.9 Å². The Labute approximate surface area is 226 Å². The number of imidazole rings is 1. The molecule has 2 fully saturated rings. The van der Waals surface area contributed by atoms with Crippen LogP contribution >= 0.6 is 0 Å². The van der Waals surface area contributed by atoms with Crippen LogP contribution in [-0.2, 0) is 19.0 Å². The third kappa shape index (κ3) is 5.19. The van der Waals surface area contributed by atoms with Crippen LogP contribution in [0.15, 0.2) is 43.0 Å². The van der Waals surface area contributed by atoms with Crippen LogP contribution in [0.25, 0.3) is 11.2 Å². The topological polar surface area (TPSA) is 117 Å². The number of ether oxygens (including phenoxy) is 3. The zero-order chi connectivity index (χ0) is 27.6. The molecular weight excluding hydrogens is 505 g/mol. The molecule has 4 atom stereocenters. The molecule has 1 saturated carbocycles. The Bertz CT molecular complexity index is 1320. The summed E-state index contributed by atoms with van der Waals surface area (Å²) in [5.74, 6) is -0.693. The Morgan fingerprint density at radius 2 is 1.82 bits per heavy atom. The summed E-state index contributed by atoms with van der Waals surface area (Å²) in [7, 11) is 0. The van der Waals surface area contributed by atoms with E-state index in [2.05, 4.69) is 20.3 Å². The molecule has 0 spiro atoms. The smallest absolute Gasteiger partial charge is 0.338 e. The molecule has 0 unspecified atom stereocenters. The normalized spacial score (nSPS) is 27.7. The highest BCUT2D eigenvalue weighted by molar-refractivity contribution is 5.89. The first-order valence-corrected chi connectivity index (χ1v) is 13.4. The Hall–Kier alpha value is -3.60. The van der Waals surface area contributed by atoms with E-state index in [1.807, 2.05) is 0 Å². The average molecular weight is 540 g/mol. The van der Waals surface area contributed by atoms with Crippen molar-refractivity contribution >= 4 is 28.9 Å². The van der Waals surface area contributed by atoms with Gasteiger partial charge in [-0.25, -0.2) is 24.1 Å². The molecule has 3 aromatic rings. The summed E-state index contributed by atoms with van der Waals surface area (Å²) in [5.41, 5.74) is -2.80. The molecular formula is C28H34FN5O5. The fraction of sp³-hybridized carbons (Fsp3) is 0.536. The number of carbonyl (C=O) groups is 2. The molecule has 0 bridgehead atoms. The van der Waals surface area contributed by atoms with Crippen molar-refractivity contribution < 1.29 is 28.2 Å². The first-order chi connectivity index (χ1) is 18.7. The summed E-state index contributed by atoms with van der Waals surface area (Å²) in [5, 5.41) is 3.50. The van der Waals surface area contributed by atoms with Crippen molar-refractivity contribution in [3.63, 3.8) is 0 Å². The summed E-state index contributed by atoms with van der Waals surface area (Å²) in [6.07, 6.45) is 7.34. The lowest BCUT2D eigenvalue weighted by Gasteiger charge is -2.36. The van der Waals surface area contributed by atoms with Gasteiger partial charge in [0.15, 0.2) is 34.5 Å². The summed E-state index contributed by atoms with van der Waals surface area (Å²) in [6, 6.07) is 8.72. The number of halogens is 1. The van der Waals surface area contributed by atoms with E-state index in [-0.39, 0.29) is 12.6 Å². The monoisotopic (exact) mass is 539 g/mol. The highest BCUT2D eigenvalue weighted by Gasteiger charge is 2.66. The fourth-order valence-electron chi connectivity index (χ4n) is 5.52. The summed E-state index contributed by atoms with van der Waals surface area (Å²) >= 11 is 0. The zero-order valence-corrected chi connectivity index (χ0v) is 22.4. The van der Waals surface area contributed by atoms with E-state index in [9.17, 15) is 9.59 Å². The summed E-state index contributed by atoms with van der Waals surface area (Å²) < 4.78 is 35.4. The summed E-state index contributed by atoms with van der Waals surface area (Å²) in [4.78, 5) is 37.9. The van der Waals surface area contributed by atoms with Gasteiger partial charge in [-0.1, -0.05) is 43.9 Å². The predicted octanol–water partition coefficient (Wildman–Crippen LogP) is 4.77. The highest BCUT2D eigenvalue weighted by Crippen LogP contribution is 2.51. The Morgan fingerprint density at radius 1 is 1.10 bits per heavy atom. The molecule has 1 aromatic carbocycles. The summed E-state index contributed by atoms with van der Waals surface area (Å²) in [6.45, 7) is 3.62. The maximum atomic E-state index is 16.7. The number of hydrogen-bond donors (Lipinski definition) is 1. The Morgan fingerprint density at radius 3 is 2.51 bits per heavy atom. The number of rotatable bonds is 7. The van der Waals surface area contributed by atoms with Crippen LogP contribution in [0.4, 0.5) is 10.2 Å². The van der Waals surface area contributed by atoms with Crippen LogP contribution in [0, 0.1) is 0 Å². The van der Waals surface area contributed by atoms with Crippen molar-refractivity contribution in [2.75, 3.05) is 11.9 Å². The van der Waals surface area contributed by atoms with E-state index in [1.165, 1.54) is 50.8 Å².